The molecule has 0 bridgehead atoms. The van der Waals surface area contributed by atoms with Crippen LogP contribution in [0, 0.1) is 6.92 Å². The van der Waals surface area contributed by atoms with E-state index in [-0.39, 0.29) is 5.78 Å². The molecule has 0 saturated heterocycles. The molecule has 0 radical (unpaired) electrons. The number of benzene rings is 3. The number of ether oxygens (including phenoxy) is 3. The molecule has 0 fully saturated rings. The average molecular weight is 398 g/mol. The fourth-order valence-electron chi connectivity index (χ4n) is 3.27. The summed E-state index contributed by atoms with van der Waals surface area (Å²) < 4.78 is 17.1. The maximum atomic E-state index is 12.7. The fraction of sp³-hybridized carbons (Fsp3) is 0.115. The van der Waals surface area contributed by atoms with E-state index in [0.29, 0.717) is 29.4 Å². The van der Waals surface area contributed by atoms with Gasteiger partial charge in [-0.2, -0.15) is 0 Å². The zero-order chi connectivity index (χ0) is 20.9. The zero-order valence-electron chi connectivity index (χ0n) is 16.9. The van der Waals surface area contributed by atoms with Gasteiger partial charge in [0, 0.05) is 5.56 Å². The monoisotopic (exact) mass is 398 g/mol. The normalized spacial score (nSPS) is 14.1. The molecule has 0 atom stereocenters. The first-order chi connectivity index (χ1) is 14.7. The minimum Gasteiger partial charge on any atom is -0.497 e. The Hall–Kier alpha value is -3.79. The SMILES string of the molecule is COc1cccc(COc2ccc3c(c2C)O/C(=C\C=C\c2ccccc2)C3=O)c1. The van der Waals surface area contributed by atoms with Gasteiger partial charge in [-0.3, -0.25) is 4.79 Å². The van der Waals surface area contributed by atoms with Crippen LogP contribution >= 0.6 is 0 Å². The minimum atomic E-state index is -0.120. The smallest absolute Gasteiger partial charge is 0.231 e. The molecule has 1 aliphatic rings. The number of carbonyl (C=O) groups is 1. The Morgan fingerprint density at radius 3 is 2.63 bits per heavy atom. The van der Waals surface area contributed by atoms with Crippen molar-refractivity contribution < 1.29 is 19.0 Å². The van der Waals surface area contributed by atoms with Gasteiger partial charge in [-0.1, -0.05) is 54.6 Å². The van der Waals surface area contributed by atoms with Crippen molar-refractivity contribution in [2.24, 2.45) is 0 Å². The lowest BCUT2D eigenvalue weighted by Crippen LogP contribution is -1.99. The summed E-state index contributed by atoms with van der Waals surface area (Å²) in [6.45, 7) is 2.29. The van der Waals surface area contributed by atoms with Crippen LogP contribution < -0.4 is 14.2 Å². The van der Waals surface area contributed by atoms with Crippen molar-refractivity contribution in [1.82, 2.24) is 0 Å². The lowest BCUT2D eigenvalue weighted by molar-refractivity contribution is 0.101. The van der Waals surface area contributed by atoms with Crippen LogP contribution in [0.5, 0.6) is 17.2 Å². The van der Waals surface area contributed by atoms with Crippen LogP contribution in [-0.2, 0) is 6.61 Å². The fourth-order valence-corrected chi connectivity index (χ4v) is 3.27. The Morgan fingerprint density at radius 2 is 1.83 bits per heavy atom. The number of carbonyl (C=O) groups excluding carboxylic acids is 1. The van der Waals surface area contributed by atoms with E-state index in [4.69, 9.17) is 14.2 Å². The molecule has 3 aromatic carbocycles. The van der Waals surface area contributed by atoms with Crippen LogP contribution in [0.1, 0.15) is 27.0 Å². The molecule has 0 unspecified atom stereocenters. The molecule has 3 aromatic rings. The van der Waals surface area contributed by atoms with Crippen molar-refractivity contribution in [3.63, 3.8) is 0 Å². The van der Waals surface area contributed by atoms with E-state index in [0.717, 1.165) is 22.4 Å². The molecule has 4 nitrogen and oxygen atoms in total. The number of ketones is 1. The first-order valence-electron chi connectivity index (χ1n) is 9.71. The lowest BCUT2D eigenvalue weighted by atomic mass is 10.1. The Balaban J connectivity index is 1.49. The van der Waals surface area contributed by atoms with E-state index in [2.05, 4.69) is 0 Å². The van der Waals surface area contributed by atoms with E-state index in [1.165, 1.54) is 0 Å². The van der Waals surface area contributed by atoms with E-state index in [1.807, 2.05) is 79.7 Å². The second kappa shape index (κ2) is 8.70. The summed E-state index contributed by atoms with van der Waals surface area (Å²) in [5, 5.41) is 0. The summed E-state index contributed by atoms with van der Waals surface area (Å²) in [6, 6.07) is 21.2. The first-order valence-corrected chi connectivity index (χ1v) is 9.71. The van der Waals surface area contributed by atoms with Crippen molar-refractivity contribution in [2.75, 3.05) is 7.11 Å². The van der Waals surface area contributed by atoms with Gasteiger partial charge >= 0.3 is 0 Å². The third-order valence-corrected chi connectivity index (χ3v) is 4.90. The minimum absolute atomic E-state index is 0.120. The van der Waals surface area contributed by atoms with Crippen LogP contribution in [0.2, 0.25) is 0 Å². The summed E-state index contributed by atoms with van der Waals surface area (Å²) in [6.07, 6.45) is 5.46. The standard InChI is InChI=1S/C26H22O4/c1-18-23(29-17-20-11-6-12-21(16-20)28-2)15-14-22-25(27)24(30-26(18)22)13-7-10-19-8-4-3-5-9-19/h3-16H,17H2,1-2H3/b10-7+,24-13-. The molecule has 0 aliphatic carbocycles. The highest BCUT2D eigenvalue weighted by Crippen LogP contribution is 2.39. The van der Waals surface area contributed by atoms with Crippen LogP contribution in [0.25, 0.3) is 6.08 Å². The van der Waals surface area contributed by atoms with Crippen LogP contribution in [-0.4, -0.2) is 12.9 Å². The maximum absolute atomic E-state index is 12.7. The number of hydrogen-bond acceptors (Lipinski definition) is 4. The molecule has 1 heterocycles. The van der Waals surface area contributed by atoms with Gasteiger partial charge in [-0.25, -0.2) is 0 Å². The quantitative estimate of drug-likeness (QED) is 0.496. The molecule has 0 N–H and O–H groups in total. The predicted molar refractivity (Wildman–Crippen MR) is 117 cm³/mol. The Kier molecular flexibility index (Phi) is 5.66. The number of Topliss-reactive ketones (excluding diaryl/α,β-unsaturated/α-hetero) is 1. The highest BCUT2D eigenvalue weighted by atomic mass is 16.5. The second-order valence-corrected chi connectivity index (χ2v) is 6.94. The zero-order valence-corrected chi connectivity index (χ0v) is 16.9. The van der Waals surface area contributed by atoms with Crippen molar-refractivity contribution in [1.29, 1.82) is 0 Å². The number of allylic oxidation sites excluding steroid dienone is 3. The second-order valence-electron chi connectivity index (χ2n) is 6.94. The van der Waals surface area contributed by atoms with Crippen molar-refractivity contribution in [2.45, 2.75) is 13.5 Å². The van der Waals surface area contributed by atoms with Gasteiger partial charge in [-0.05, 0) is 48.4 Å². The Bertz CT molecular complexity index is 1130. The maximum Gasteiger partial charge on any atom is 0.231 e. The molecule has 0 aromatic heterocycles. The van der Waals surface area contributed by atoms with Gasteiger partial charge < -0.3 is 14.2 Å². The van der Waals surface area contributed by atoms with E-state index < -0.39 is 0 Å². The molecule has 0 spiro atoms. The number of rotatable bonds is 6. The van der Waals surface area contributed by atoms with Crippen LogP contribution in [0.3, 0.4) is 0 Å². The number of fused-ring (bicyclic) bond motifs is 1. The third-order valence-electron chi connectivity index (χ3n) is 4.90. The average Bonchev–Trinajstić information content (AvgIpc) is 3.10. The molecule has 0 saturated carbocycles. The number of methoxy groups -OCH3 is 1. The van der Waals surface area contributed by atoms with Crippen molar-refractivity contribution in [3.05, 3.63) is 107 Å². The van der Waals surface area contributed by atoms with Crippen molar-refractivity contribution in [3.8, 4) is 17.2 Å². The Labute approximate surface area is 176 Å². The van der Waals surface area contributed by atoms with Gasteiger partial charge in [0.15, 0.2) is 5.76 Å². The van der Waals surface area contributed by atoms with Crippen molar-refractivity contribution >= 4 is 11.9 Å². The molecule has 1 aliphatic heterocycles. The molecule has 150 valence electrons. The van der Waals surface area contributed by atoms with Gasteiger partial charge in [-0.15, -0.1) is 0 Å². The molecular weight excluding hydrogens is 376 g/mol. The summed E-state index contributed by atoms with van der Waals surface area (Å²) in [4.78, 5) is 12.7. The summed E-state index contributed by atoms with van der Waals surface area (Å²) in [5.74, 6) is 2.22. The van der Waals surface area contributed by atoms with Crippen LogP contribution in [0.4, 0.5) is 0 Å². The predicted octanol–water partition coefficient (Wildman–Crippen LogP) is 5.76. The molecule has 4 heteroatoms. The Morgan fingerprint density at radius 1 is 1.00 bits per heavy atom. The summed E-state index contributed by atoms with van der Waals surface area (Å²) >= 11 is 0. The summed E-state index contributed by atoms with van der Waals surface area (Å²) in [5.41, 5.74) is 3.42. The highest BCUT2D eigenvalue weighted by molar-refractivity contribution is 6.12. The lowest BCUT2D eigenvalue weighted by Gasteiger charge is -2.12. The topological polar surface area (TPSA) is 44.8 Å². The third kappa shape index (κ3) is 4.13. The van der Waals surface area contributed by atoms with Crippen LogP contribution in [0.15, 0.2) is 84.6 Å². The molecule has 4 rings (SSSR count). The molecular formula is C26H22O4. The van der Waals surface area contributed by atoms with Gasteiger partial charge in [0.1, 0.15) is 23.9 Å². The number of hydrogen-bond donors (Lipinski definition) is 0. The van der Waals surface area contributed by atoms with E-state index in [9.17, 15) is 4.79 Å². The summed E-state index contributed by atoms with van der Waals surface area (Å²) in [7, 11) is 1.64. The first kappa shape index (κ1) is 19.5. The molecule has 0 amide bonds. The van der Waals surface area contributed by atoms with E-state index >= 15 is 0 Å². The van der Waals surface area contributed by atoms with Gasteiger partial charge in [0.2, 0.25) is 5.78 Å². The largest absolute Gasteiger partial charge is 0.497 e. The molecule has 30 heavy (non-hydrogen) atoms. The highest BCUT2D eigenvalue weighted by Gasteiger charge is 2.29. The van der Waals surface area contributed by atoms with Gasteiger partial charge in [0.05, 0.1) is 12.7 Å². The van der Waals surface area contributed by atoms with Gasteiger partial charge in [0.25, 0.3) is 0 Å². The van der Waals surface area contributed by atoms with E-state index in [1.54, 1.807) is 19.3 Å².